The fourth-order valence-electron chi connectivity index (χ4n) is 2.84. The van der Waals surface area contributed by atoms with Gasteiger partial charge in [0.1, 0.15) is 5.78 Å². The minimum atomic E-state index is 0.350. The molecule has 1 aliphatic heterocycles. The number of hydrogen-bond acceptors (Lipinski definition) is 2. The summed E-state index contributed by atoms with van der Waals surface area (Å²) in [7, 11) is 2.13. The molecule has 0 N–H and O–H groups in total. The van der Waals surface area contributed by atoms with E-state index in [1.54, 1.807) is 0 Å². The van der Waals surface area contributed by atoms with Crippen LogP contribution in [0.15, 0.2) is 0 Å². The molecular weight excluding hydrogens is 150 g/mol. The molecule has 2 rings (SSSR count). The van der Waals surface area contributed by atoms with Crippen LogP contribution in [-0.2, 0) is 4.79 Å². The molecule has 1 unspecified atom stereocenters. The van der Waals surface area contributed by atoms with Gasteiger partial charge < -0.3 is 4.90 Å². The van der Waals surface area contributed by atoms with Crippen LogP contribution >= 0.6 is 0 Å². The molecule has 2 nitrogen and oxygen atoms in total. The largest absolute Gasteiger partial charge is 0.305 e. The van der Waals surface area contributed by atoms with Crippen LogP contribution in [-0.4, -0.2) is 30.8 Å². The van der Waals surface area contributed by atoms with Crippen molar-refractivity contribution in [2.75, 3.05) is 20.1 Å². The first kappa shape index (κ1) is 8.24. The molecule has 0 aromatic rings. The maximum absolute atomic E-state index is 11.5. The van der Waals surface area contributed by atoms with Gasteiger partial charge in [-0.3, -0.25) is 4.79 Å². The van der Waals surface area contributed by atoms with E-state index in [1.807, 2.05) is 0 Å². The topological polar surface area (TPSA) is 20.3 Å². The van der Waals surface area contributed by atoms with E-state index < -0.39 is 0 Å². The molecule has 2 atom stereocenters. The minimum Gasteiger partial charge on any atom is -0.305 e. The molecule has 2 bridgehead atoms. The summed E-state index contributed by atoms with van der Waals surface area (Å²) in [4.78, 5) is 13.8. The van der Waals surface area contributed by atoms with Crippen molar-refractivity contribution in [1.82, 2.24) is 4.90 Å². The standard InChI is InChI=1S/C10H17NO/c1-10-4-3-9(12)8(5-10)6-11(2)7-10/h8H,3-7H2,1-2H3/t8?,10-/m0/s1. The van der Waals surface area contributed by atoms with Gasteiger partial charge in [-0.2, -0.15) is 0 Å². The zero-order valence-electron chi connectivity index (χ0n) is 7.97. The number of hydrogen-bond donors (Lipinski definition) is 0. The van der Waals surface area contributed by atoms with Crippen LogP contribution in [0.25, 0.3) is 0 Å². The van der Waals surface area contributed by atoms with Crippen molar-refractivity contribution in [3.63, 3.8) is 0 Å². The molecule has 2 heteroatoms. The Morgan fingerprint density at radius 2 is 2.33 bits per heavy atom. The van der Waals surface area contributed by atoms with Crippen molar-refractivity contribution in [2.24, 2.45) is 11.3 Å². The molecule has 1 saturated carbocycles. The second-order valence-corrected chi connectivity index (χ2v) is 4.87. The first-order valence-electron chi connectivity index (χ1n) is 4.80. The van der Waals surface area contributed by atoms with Gasteiger partial charge >= 0.3 is 0 Å². The molecule has 1 saturated heterocycles. The van der Waals surface area contributed by atoms with Crippen molar-refractivity contribution in [3.05, 3.63) is 0 Å². The van der Waals surface area contributed by atoms with Gasteiger partial charge in [-0.15, -0.1) is 0 Å². The molecule has 1 aliphatic carbocycles. The van der Waals surface area contributed by atoms with Gasteiger partial charge in [0.15, 0.2) is 0 Å². The van der Waals surface area contributed by atoms with E-state index in [0.29, 0.717) is 17.1 Å². The SMILES string of the molecule is CN1CC2C[C@](C)(CCC2=O)C1. The number of fused-ring (bicyclic) bond motifs is 2. The second kappa shape index (κ2) is 2.56. The van der Waals surface area contributed by atoms with E-state index >= 15 is 0 Å². The molecule has 0 aromatic carbocycles. The Kier molecular flexibility index (Phi) is 1.76. The zero-order valence-corrected chi connectivity index (χ0v) is 7.97. The first-order valence-corrected chi connectivity index (χ1v) is 4.80. The van der Waals surface area contributed by atoms with Crippen LogP contribution in [0.3, 0.4) is 0 Å². The summed E-state index contributed by atoms with van der Waals surface area (Å²) in [6.07, 6.45) is 3.07. The summed E-state index contributed by atoms with van der Waals surface area (Å²) in [5, 5.41) is 0. The van der Waals surface area contributed by atoms with Gasteiger partial charge in [-0.05, 0) is 25.3 Å². The smallest absolute Gasteiger partial charge is 0.137 e. The van der Waals surface area contributed by atoms with E-state index in [0.717, 1.165) is 25.8 Å². The molecule has 2 aliphatic rings. The third kappa shape index (κ3) is 1.28. The lowest BCUT2D eigenvalue weighted by Gasteiger charge is -2.46. The molecule has 0 aromatic heterocycles. The second-order valence-electron chi connectivity index (χ2n) is 4.87. The van der Waals surface area contributed by atoms with E-state index in [2.05, 4.69) is 18.9 Å². The van der Waals surface area contributed by atoms with Gasteiger partial charge in [-0.1, -0.05) is 6.92 Å². The van der Waals surface area contributed by atoms with E-state index in [9.17, 15) is 4.79 Å². The Bertz CT molecular complexity index is 214. The molecule has 0 amide bonds. The fraction of sp³-hybridized carbons (Fsp3) is 0.900. The van der Waals surface area contributed by atoms with Crippen LogP contribution in [0.5, 0.6) is 0 Å². The summed E-state index contributed by atoms with van der Waals surface area (Å²) in [6, 6.07) is 0. The maximum atomic E-state index is 11.5. The average molecular weight is 167 g/mol. The average Bonchev–Trinajstić information content (AvgIpc) is 1.96. The van der Waals surface area contributed by atoms with Crippen LogP contribution in [0, 0.1) is 11.3 Å². The summed E-state index contributed by atoms with van der Waals surface area (Å²) >= 11 is 0. The van der Waals surface area contributed by atoms with E-state index in [1.165, 1.54) is 6.54 Å². The van der Waals surface area contributed by atoms with Gasteiger partial charge in [0.2, 0.25) is 0 Å². The number of carbonyl (C=O) groups excluding carboxylic acids is 1. The van der Waals surface area contributed by atoms with Crippen molar-refractivity contribution in [1.29, 1.82) is 0 Å². The summed E-state index contributed by atoms with van der Waals surface area (Å²) in [6.45, 7) is 4.49. The van der Waals surface area contributed by atoms with E-state index in [4.69, 9.17) is 0 Å². The zero-order chi connectivity index (χ0) is 8.77. The summed E-state index contributed by atoms with van der Waals surface area (Å²) < 4.78 is 0. The van der Waals surface area contributed by atoms with Crippen LogP contribution < -0.4 is 0 Å². The lowest BCUT2D eigenvalue weighted by atomic mass is 9.67. The highest BCUT2D eigenvalue weighted by Gasteiger charge is 2.41. The van der Waals surface area contributed by atoms with Crippen molar-refractivity contribution >= 4 is 5.78 Å². The summed E-state index contributed by atoms with van der Waals surface area (Å²) in [5.74, 6) is 0.849. The normalized spacial score (nSPS) is 43.2. The highest BCUT2D eigenvalue weighted by molar-refractivity contribution is 5.82. The maximum Gasteiger partial charge on any atom is 0.137 e. The Labute approximate surface area is 73.9 Å². The number of ketones is 1. The predicted octanol–water partition coefficient (Wildman–Crippen LogP) is 1.31. The number of rotatable bonds is 0. The van der Waals surface area contributed by atoms with Crippen LogP contribution in [0.2, 0.25) is 0 Å². The molecule has 12 heavy (non-hydrogen) atoms. The fourth-order valence-corrected chi connectivity index (χ4v) is 2.84. The number of nitrogens with zero attached hydrogens (tertiary/aromatic N) is 1. The Hall–Kier alpha value is -0.370. The van der Waals surface area contributed by atoms with Crippen molar-refractivity contribution in [3.8, 4) is 0 Å². The van der Waals surface area contributed by atoms with Gasteiger partial charge in [0.25, 0.3) is 0 Å². The number of piperidine rings is 1. The van der Waals surface area contributed by atoms with Gasteiger partial charge in [0, 0.05) is 25.4 Å². The van der Waals surface area contributed by atoms with E-state index in [-0.39, 0.29) is 0 Å². The number of likely N-dealkylation sites (tertiary alicyclic amines) is 1. The van der Waals surface area contributed by atoms with Crippen molar-refractivity contribution < 1.29 is 4.79 Å². The summed E-state index contributed by atoms with van der Waals surface area (Å²) in [5.41, 5.74) is 0.436. The Morgan fingerprint density at radius 3 is 3.08 bits per heavy atom. The monoisotopic (exact) mass is 167 g/mol. The van der Waals surface area contributed by atoms with Crippen LogP contribution in [0.1, 0.15) is 26.2 Å². The van der Waals surface area contributed by atoms with Crippen LogP contribution in [0.4, 0.5) is 0 Å². The molecule has 0 radical (unpaired) electrons. The third-order valence-corrected chi connectivity index (χ3v) is 3.35. The highest BCUT2D eigenvalue weighted by atomic mass is 16.1. The lowest BCUT2D eigenvalue weighted by molar-refractivity contribution is -0.131. The minimum absolute atomic E-state index is 0.350. The Balaban J connectivity index is 2.17. The highest BCUT2D eigenvalue weighted by Crippen LogP contribution is 2.41. The molecule has 0 spiro atoms. The molecule has 1 heterocycles. The van der Waals surface area contributed by atoms with Gasteiger partial charge in [-0.25, -0.2) is 0 Å². The molecule has 2 fully saturated rings. The Morgan fingerprint density at radius 1 is 1.58 bits per heavy atom. The first-order chi connectivity index (χ1) is 5.59. The third-order valence-electron chi connectivity index (χ3n) is 3.35. The predicted molar refractivity (Wildman–Crippen MR) is 48.0 cm³/mol. The molecule has 68 valence electrons. The quantitative estimate of drug-likeness (QED) is 0.542. The van der Waals surface area contributed by atoms with Gasteiger partial charge in [0.05, 0.1) is 0 Å². The number of carbonyl (C=O) groups is 1. The molecular formula is C10H17NO. The number of Topliss-reactive ketones (excluding diaryl/α,β-unsaturated/α-hetero) is 1. The van der Waals surface area contributed by atoms with Crippen molar-refractivity contribution in [2.45, 2.75) is 26.2 Å². The lowest BCUT2D eigenvalue weighted by Crippen LogP contribution is -2.49.